The zero-order chi connectivity index (χ0) is 12.5. The SMILES string of the molecule is CN(C)C1CCN(CC2(C)CCCC2N)CC1. The van der Waals surface area contributed by atoms with Gasteiger partial charge in [-0.3, -0.25) is 0 Å². The molecule has 2 atom stereocenters. The Hall–Kier alpha value is -0.120. The van der Waals surface area contributed by atoms with E-state index in [-0.39, 0.29) is 0 Å². The molecule has 0 aromatic carbocycles. The van der Waals surface area contributed by atoms with Crippen LogP contribution in [0.1, 0.15) is 39.0 Å². The first kappa shape index (κ1) is 13.3. The summed E-state index contributed by atoms with van der Waals surface area (Å²) in [6.45, 7) is 6.12. The molecule has 2 fully saturated rings. The molecule has 2 aliphatic rings. The Kier molecular flexibility index (Phi) is 4.11. The fraction of sp³-hybridized carbons (Fsp3) is 1.00. The topological polar surface area (TPSA) is 32.5 Å². The highest BCUT2D eigenvalue weighted by Crippen LogP contribution is 2.37. The molecule has 3 heteroatoms. The maximum absolute atomic E-state index is 6.27. The van der Waals surface area contributed by atoms with Crippen LogP contribution in [0.2, 0.25) is 0 Å². The molecule has 0 amide bonds. The van der Waals surface area contributed by atoms with Crippen molar-refractivity contribution in [1.82, 2.24) is 9.80 Å². The van der Waals surface area contributed by atoms with Gasteiger partial charge in [-0.25, -0.2) is 0 Å². The van der Waals surface area contributed by atoms with Crippen LogP contribution in [0.3, 0.4) is 0 Å². The van der Waals surface area contributed by atoms with E-state index in [4.69, 9.17) is 5.73 Å². The molecule has 0 aromatic heterocycles. The van der Waals surface area contributed by atoms with Crippen molar-refractivity contribution in [3.8, 4) is 0 Å². The largest absolute Gasteiger partial charge is 0.327 e. The van der Waals surface area contributed by atoms with Gasteiger partial charge in [-0.15, -0.1) is 0 Å². The van der Waals surface area contributed by atoms with E-state index >= 15 is 0 Å². The number of hydrogen-bond acceptors (Lipinski definition) is 3. The zero-order valence-corrected chi connectivity index (χ0v) is 11.8. The molecule has 1 aliphatic carbocycles. The molecular formula is C14H29N3. The second kappa shape index (κ2) is 5.25. The molecule has 1 saturated heterocycles. The predicted octanol–water partition coefficient (Wildman–Crippen LogP) is 1.53. The summed E-state index contributed by atoms with van der Waals surface area (Å²) in [4.78, 5) is 5.02. The Morgan fingerprint density at radius 2 is 1.88 bits per heavy atom. The van der Waals surface area contributed by atoms with Crippen molar-refractivity contribution in [3.05, 3.63) is 0 Å². The number of nitrogens with zero attached hydrogens (tertiary/aromatic N) is 2. The van der Waals surface area contributed by atoms with Gasteiger partial charge in [-0.05, 0) is 58.3 Å². The number of nitrogens with two attached hydrogens (primary N) is 1. The number of hydrogen-bond donors (Lipinski definition) is 1. The van der Waals surface area contributed by atoms with Crippen LogP contribution < -0.4 is 5.73 Å². The number of piperidine rings is 1. The Bertz CT molecular complexity index is 246. The average Bonchev–Trinajstić information content (AvgIpc) is 2.60. The van der Waals surface area contributed by atoms with E-state index < -0.39 is 0 Å². The third-order valence-electron chi connectivity index (χ3n) is 5.03. The molecule has 17 heavy (non-hydrogen) atoms. The fourth-order valence-electron chi connectivity index (χ4n) is 3.56. The van der Waals surface area contributed by atoms with Crippen LogP contribution in [-0.4, -0.2) is 55.6 Å². The predicted molar refractivity (Wildman–Crippen MR) is 73.1 cm³/mol. The van der Waals surface area contributed by atoms with Crippen molar-refractivity contribution in [2.24, 2.45) is 11.1 Å². The molecule has 1 saturated carbocycles. The molecule has 1 aliphatic heterocycles. The van der Waals surface area contributed by atoms with Gasteiger partial charge in [0.2, 0.25) is 0 Å². The van der Waals surface area contributed by atoms with E-state index in [1.165, 1.54) is 51.7 Å². The van der Waals surface area contributed by atoms with Gasteiger partial charge in [-0.2, -0.15) is 0 Å². The van der Waals surface area contributed by atoms with Crippen molar-refractivity contribution in [2.75, 3.05) is 33.7 Å². The lowest BCUT2D eigenvalue weighted by Crippen LogP contribution is -2.49. The van der Waals surface area contributed by atoms with Gasteiger partial charge < -0.3 is 15.5 Å². The van der Waals surface area contributed by atoms with Gasteiger partial charge in [0.25, 0.3) is 0 Å². The zero-order valence-electron chi connectivity index (χ0n) is 11.8. The lowest BCUT2D eigenvalue weighted by atomic mass is 9.84. The fourth-order valence-corrected chi connectivity index (χ4v) is 3.56. The Labute approximate surface area is 106 Å². The van der Waals surface area contributed by atoms with Crippen LogP contribution in [0, 0.1) is 5.41 Å². The summed E-state index contributed by atoms with van der Waals surface area (Å²) in [6, 6.07) is 1.21. The van der Waals surface area contributed by atoms with Crippen LogP contribution in [0.5, 0.6) is 0 Å². The molecule has 2 N–H and O–H groups in total. The van der Waals surface area contributed by atoms with E-state index in [1.54, 1.807) is 0 Å². The molecule has 1 heterocycles. The van der Waals surface area contributed by atoms with Gasteiger partial charge in [-0.1, -0.05) is 13.3 Å². The second-order valence-electron chi connectivity index (χ2n) is 6.62. The number of likely N-dealkylation sites (tertiary alicyclic amines) is 1. The lowest BCUT2D eigenvalue weighted by Gasteiger charge is -2.40. The minimum Gasteiger partial charge on any atom is -0.327 e. The smallest absolute Gasteiger partial charge is 0.0113 e. The minimum absolute atomic E-state index is 0.380. The van der Waals surface area contributed by atoms with E-state index in [0.29, 0.717) is 11.5 Å². The van der Waals surface area contributed by atoms with Crippen LogP contribution >= 0.6 is 0 Å². The summed E-state index contributed by atoms with van der Waals surface area (Å²) >= 11 is 0. The molecule has 100 valence electrons. The van der Waals surface area contributed by atoms with E-state index in [0.717, 1.165) is 6.04 Å². The van der Waals surface area contributed by atoms with Crippen LogP contribution in [0.25, 0.3) is 0 Å². The standard InChI is InChI=1S/C14H29N3/c1-14(8-4-5-13(14)15)11-17-9-6-12(7-10-17)16(2)3/h12-13H,4-11,15H2,1-3H3. The van der Waals surface area contributed by atoms with E-state index in [1.807, 2.05) is 0 Å². The van der Waals surface area contributed by atoms with Crippen molar-refractivity contribution >= 4 is 0 Å². The summed E-state index contributed by atoms with van der Waals surface area (Å²) in [6.07, 6.45) is 6.51. The Morgan fingerprint density at radius 3 is 2.35 bits per heavy atom. The quantitative estimate of drug-likeness (QED) is 0.811. The highest BCUT2D eigenvalue weighted by molar-refractivity contribution is 4.94. The molecule has 2 unspecified atom stereocenters. The van der Waals surface area contributed by atoms with Gasteiger partial charge in [0.15, 0.2) is 0 Å². The molecule has 3 nitrogen and oxygen atoms in total. The molecule has 0 radical (unpaired) electrons. The van der Waals surface area contributed by atoms with E-state index in [2.05, 4.69) is 30.8 Å². The van der Waals surface area contributed by atoms with Crippen LogP contribution in [0.4, 0.5) is 0 Å². The van der Waals surface area contributed by atoms with Crippen molar-refractivity contribution in [2.45, 2.75) is 51.1 Å². The Balaban J connectivity index is 1.82. The third-order valence-corrected chi connectivity index (χ3v) is 5.03. The molecule has 0 bridgehead atoms. The molecular weight excluding hydrogens is 210 g/mol. The van der Waals surface area contributed by atoms with Gasteiger partial charge >= 0.3 is 0 Å². The average molecular weight is 239 g/mol. The maximum Gasteiger partial charge on any atom is 0.0113 e. The summed E-state index contributed by atoms with van der Waals surface area (Å²) in [7, 11) is 4.41. The summed E-state index contributed by atoms with van der Waals surface area (Å²) in [5, 5.41) is 0. The first-order valence-corrected chi connectivity index (χ1v) is 7.16. The van der Waals surface area contributed by atoms with Crippen molar-refractivity contribution < 1.29 is 0 Å². The van der Waals surface area contributed by atoms with Gasteiger partial charge in [0.05, 0.1) is 0 Å². The summed E-state index contributed by atoms with van der Waals surface area (Å²) < 4.78 is 0. The van der Waals surface area contributed by atoms with Gasteiger partial charge in [0.1, 0.15) is 0 Å². The Morgan fingerprint density at radius 1 is 1.24 bits per heavy atom. The third kappa shape index (κ3) is 3.01. The first-order chi connectivity index (χ1) is 8.01. The highest BCUT2D eigenvalue weighted by atomic mass is 15.2. The summed E-state index contributed by atoms with van der Waals surface area (Å²) in [5.74, 6) is 0. The van der Waals surface area contributed by atoms with Gasteiger partial charge in [0, 0.05) is 18.6 Å². The second-order valence-corrected chi connectivity index (χ2v) is 6.62. The molecule has 0 spiro atoms. The van der Waals surface area contributed by atoms with Crippen molar-refractivity contribution in [1.29, 1.82) is 0 Å². The molecule has 0 aromatic rings. The van der Waals surface area contributed by atoms with Crippen LogP contribution in [0.15, 0.2) is 0 Å². The summed E-state index contributed by atoms with van der Waals surface area (Å²) in [5.41, 5.74) is 6.65. The van der Waals surface area contributed by atoms with E-state index in [9.17, 15) is 0 Å². The van der Waals surface area contributed by atoms with Crippen molar-refractivity contribution in [3.63, 3.8) is 0 Å². The number of rotatable bonds is 3. The first-order valence-electron chi connectivity index (χ1n) is 7.16. The lowest BCUT2D eigenvalue weighted by molar-refractivity contribution is 0.0966. The monoisotopic (exact) mass is 239 g/mol. The normalized spacial score (nSPS) is 36.9. The van der Waals surface area contributed by atoms with Crippen LogP contribution in [-0.2, 0) is 0 Å². The molecule has 2 rings (SSSR count). The minimum atomic E-state index is 0.380. The maximum atomic E-state index is 6.27. The highest BCUT2D eigenvalue weighted by Gasteiger charge is 2.38.